The van der Waals surface area contributed by atoms with E-state index in [1.807, 2.05) is 32.0 Å². The second kappa shape index (κ2) is 7.82. The Hall–Kier alpha value is -2.95. The summed E-state index contributed by atoms with van der Waals surface area (Å²) in [5, 5.41) is 4.34. The minimum absolute atomic E-state index is 0.0256. The highest BCUT2D eigenvalue weighted by Crippen LogP contribution is 2.33. The van der Waals surface area contributed by atoms with Crippen LogP contribution in [0.25, 0.3) is 0 Å². The number of aromatic nitrogens is 3. The number of amides is 1. The van der Waals surface area contributed by atoms with Crippen molar-refractivity contribution in [3.05, 3.63) is 81.9 Å². The number of likely N-dealkylation sites (tertiary alicyclic amines) is 1. The normalized spacial score (nSPS) is 16.4. The summed E-state index contributed by atoms with van der Waals surface area (Å²) < 4.78 is 1.71. The second-order valence-electron chi connectivity index (χ2n) is 8.10. The molecule has 1 aromatic carbocycles. The van der Waals surface area contributed by atoms with Crippen molar-refractivity contribution in [1.82, 2.24) is 19.7 Å². The summed E-state index contributed by atoms with van der Waals surface area (Å²) in [6.07, 6.45) is 4.65. The molecule has 4 rings (SSSR count). The van der Waals surface area contributed by atoms with Crippen molar-refractivity contribution < 1.29 is 4.79 Å². The maximum absolute atomic E-state index is 13.2. The summed E-state index contributed by atoms with van der Waals surface area (Å²) in [6.45, 7) is 6.85. The average Bonchev–Trinajstić information content (AvgIpc) is 3.29. The molecule has 0 radical (unpaired) electrons. The standard InChI is InChI=1S/C24H28N4O/c1-16-8-5-6-9-20(16)13-19-12-17(2)25-22(14-19)23-10-7-11-28(23)24(29)21-15-27(4)26-18(21)3/h5-6,8-9,12,14-15,23H,7,10-11,13H2,1-4H3/t23-/m0/s1. The molecular formula is C24H28N4O. The van der Waals surface area contributed by atoms with Crippen LogP contribution < -0.4 is 0 Å². The summed E-state index contributed by atoms with van der Waals surface area (Å²) in [4.78, 5) is 20.0. The Labute approximate surface area is 172 Å². The minimum Gasteiger partial charge on any atom is -0.330 e. The Morgan fingerprint density at radius 1 is 1.17 bits per heavy atom. The van der Waals surface area contributed by atoms with Gasteiger partial charge in [0.2, 0.25) is 0 Å². The van der Waals surface area contributed by atoms with Gasteiger partial charge in [-0.15, -0.1) is 0 Å². The van der Waals surface area contributed by atoms with Crippen molar-refractivity contribution in [3.8, 4) is 0 Å². The molecule has 1 amide bonds. The van der Waals surface area contributed by atoms with Gasteiger partial charge in [0.05, 0.1) is 23.0 Å². The van der Waals surface area contributed by atoms with E-state index in [0.29, 0.717) is 5.56 Å². The van der Waals surface area contributed by atoms with Crippen LogP contribution in [0.5, 0.6) is 0 Å². The molecule has 1 aliphatic heterocycles. The second-order valence-corrected chi connectivity index (χ2v) is 8.10. The van der Waals surface area contributed by atoms with Gasteiger partial charge in [0.1, 0.15) is 0 Å². The average molecular weight is 389 g/mol. The highest BCUT2D eigenvalue weighted by atomic mass is 16.2. The van der Waals surface area contributed by atoms with Crippen molar-refractivity contribution in [2.24, 2.45) is 7.05 Å². The summed E-state index contributed by atoms with van der Waals surface area (Å²) in [5.74, 6) is 0.0573. The van der Waals surface area contributed by atoms with Crippen LogP contribution in [0.4, 0.5) is 0 Å². The number of pyridine rings is 1. The van der Waals surface area contributed by atoms with Crippen molar-refractivity contribution >= 4 is 5.91 Å². The fourth-order valence-electron chi connectivity index (χ4n) is 4.35. The number of carbonyl (C=O) groups is 1. The van der Waals surface area contributed by atoms with Gasteiger partial charge in [0, 0.05) is 25.5 Å². The summed E-state index contributed by atoms with van der Waals surface area (Å²) in [7, 11) is 1.85. The lowest BCUT2D eigenvalue weighted by Gasteiger charge is -2.25. The van der Waals surface area contributed by atoms with Crippen LogP contribution in [0.3, 0.4) is 0 Å². The van der Waals surface area contributed by atoms with E-state index < -0.39 is 0 Å². The van der Waals surface area contributed by atoms with E-state index in [9.17, 15) is 4.79 Å². The Balaban J connectivity index is 1.63. The number of nitrogens with zero attached hydrogens (tertiary/aromatic N) is 4. The smallest absolute Gasteiger partial charge is 0.257 e. The fourth-order valence-corrected chi connectivity index (χ4v) is 4.35. The zero-order chi connectivity index (χ0) is 20.5. The van der Waals surface area contributed by atoms with Crippen LogP contribution in [0.2, 0.25) is 0 Å². The van der Waals surface area contributed by atoms with Gasteiger partial charge in [0.15, 0.2) is 0 Å². The fraction of sp³-hybridized carbons (Fsp3) is 0.375. The summed E-state index contributed by atoms with van der Waals surface area (Å²) in [5.41, 5.74) is 7.35. The van der Waals surface area contributed by atoms with Crippen molar-refractivity contribution in [1.29, 1.82) is 0 Å². The maximum Gasteiger partial charge on any atom is 0.257 e. The lowest BCUT2D eigenvalue weighted by molar-refractivity contribution is 0.0732. The third kappa shape index (κ3) is 3.95. The molecule has 2 aromatic heterocycles. The van der Waals surface area contributed by atoms with E-state index in [1.165, 1.54) is 16.7 Å². The number of benzene rings is 1. The van der Waals surface area contributed by atoms with E-state index in [2.05, 4.69) is 48.4 Å². The topological polar surface area (TPSA) is 51.0 Å². The molecule has 1 saturated heterocycles. The van der Waals surface area contributed by atoms with Crippen molar-refractivity contribution in [2.75, 3.05) is 6.54 Å². The molecule has 0 aliphatic carbocycles. The van der Waals surface area contributed by atoms with Gasteiger partial charge in [-0.3, -0.25) is 14.5 Å². The lowest BCUT2D eigenvalue weighted by atomic mass is 9.98. The first-order valence-electron chi connectivity index (χ1n) is 10.3. The predicted octanol–water partition coefficient (Wildman–Crippen LogP) is 4.31. The van der Waals surface area contributed by atoms with Crippen molar-refractivity contribution in [2.45, 2.75) is 46.1 Å². The Kier molecular flexibility index (Phi) is 5.22. The van der Waals surface area contributed by atoms with E-state index in [1.54, 1.807) is 4.68 Å². The molecule has 29 heavy (non-hydrogen) atoms. The third-order valence-electron chi connectivity index (χ3n) is 5.79. The number of aryl methyl sites for hydroxylation is 4. The lowest BCUT2D eigenvalue weighted by Crippen LogP contribution is -2.31. The number of carbonyl (C=O) groups excluding carboxylic acids is 1. The van der Waals surface area contributed by atoms with E-state index >= 15 is 0 Å². The largest absolute Gasteiger partial charge is 0.330 e. The molecule has 1 fully saturated rings. The molecule has 5 nitrogen and oxygen atoms in total. The molecule has 0 saturated carbocycles. The zero-order valence-electron chi connectivity index (χ0n) is 17.6. The van der Waals surface area contributed by atoms with E-state index in [0.717, 1.165) is 42.9 Å². The van der Waals surface area contributed by atoms with Crippen LogP contribution in [0.15, 0.2) is 42.6 Å². The van der Waals surface area contributed by atoms with Gasteiger partial charge in [0.25, 0.3) is 5.91 Å². The molecule has 0 spiro atoms. The molecular weight excluding hydrogens is 360 g/mol. The first-order chi connectivity index (χ1) is 13.9. The molecule has 1 atom stereocenters. The maximum atomic E-state index is 13.2. The molecule has 0 unspecified atom stereocenters. The van der Waals surface area contributed by atoms with E-state index in [-0.39, 0.29) is 11.9 Å². The monoisotopic (exact) mass is 388 g/mol. The molecule has 3 heterocycles. The van der Waals surface area contributed by atoms with Gasteiger partial charge in [-0.25, -0.2) is 0 Å². The Bertz CT molecular complexity index is 1050. The van der Waals surface area contributed by atoms with Gasteiger partial charge in [-0.1, -0.05) is 24.3 Å². The highest BCUT2D eigenvalue weighted by molar-refractivity contribution is 5.95. The third-order valence-corrected chi connectivity index (χ3v) is 5.79. The Morgan fingerprint density at radius 2 is 1.97 bits per heavy atom. The highest BCUT2D eigenvalue weighted by Gasteiger charge is 2.33. The summed E-state index contributed by atoms with van der Waals surface area (Å²) in [6, 6.07) is 12.9. The van der Waals surface area contributed by atoms with Crippen LogP contribution >= 0.6 is 0 Å². The molecule has 0 N–H and O–H groups in total. The van der Waals surface area contributed by atoms with Crippen LogP contribution in [0.1, 0.15) is 63.0 Å². The minimum atomic E-state index is 0.0256. The van der Waals surface area contributed by atoms with Gasteiger partial charge in [-0.05, 0) is 68.9 Å². The number of rotatable bonds is 4. The predicted molar refractivity (Wildman–Crippen MR) is 114 cm³/mol. The van der Waals surface area contributed by atoms with Crippen LogP contribution in [0, 0.1) is 20.8 Å². The van der Waals surface area contributed by atoms with Crippen molar-refractivity contribution in [3.63, 3.8) is 0 Å². The quantitative estimate of drug-likeness (QED) is 0.669. The number of hydrogen-bond acceptors (Lipinski definition) is 3. The van der Waals surface area contributed by atoms with Crippen LogP contribution in [-0.2, 0) is 13.5 Å². The first-order valence-corrected chi connectivity index (χ1v) is 10.3. The van der Waals surface area contributed by atoms with Gasteiger partial charge < -0.3 is 4.90 Å². The first kappa shape index (κ1) is 19.4. The molecule has 0 bridgehead atoms. The van der Waals surface area contributed by atoms with Gasteiger partial charge >= 0.3 is 0 Å². The molecule has 1 aliphatic rings. The molecule has 150 valence electrons. The number of hydrogen-bond donors (Lipinski definition) is 0. The zero-order valence-corrected chi connectivity index (χ0v) is 17.6. The molecule has 3 aromatic rings. The molecule has 5 heteroatoms. The van der Waals surface area contributed by atoms with Gasteiger partial charge in [-0.2, -0.15) is 5.10 Å². The SMILES string of the molecule is Cc1cc(Cc2ccccc2C)cc([C@@H]2CCCN2C(=O)c2cn(C)nc2C)n1. The van der Waals surface area contributed by atoms with E-state index in [4.69, 9.17) is 4.98 Å². The summed E-state index contributed by atoms with van der Waals surface area (Å²) >= 11 is 0. The Morgan fingerprint density at radius 3 is 2.69 bits per heavy atom. The van der Waals surface area contributed by atoms with Crippen LogP contribution in [-0.4, -0.2) is 32.1 Å².